The smallest absolute Gasteiger partial charge is 0.323 e. The van der Waals surface area contributed by atoms with Gasteiger partial charge in [-0.3, -0.25) is 4.79 Å². The number of hydrogen-bond acceptors (Lipinski definition) is 3. The maximum absolute atomic E-state index is 12.1. The Morgan fingerprint density at radius 2 is 1.82 bits per heavy atom. The fraction of sp³-hybridized carbons (Fsp3) is 0.125. The Bertz CT molecular complexity index is 852. The number of fused-ring (bicyclic) bond motifs is 1. The zero-order chi connectivity index (χ0) is 15.5. The van der Waals surface area contributed by atoms with Crippen molar-refractivity contribution in [3.63, 3.8) is 0 Å². The van der Waals surface area contributed by atoms with E-state index in [0.29, 0.717) is 22.5 Å². The van der Waals surface area contributed by atoms with Crippen LogP contribution in [0, 0.1) is 0 Å². The minimum absolute atomic E-state index is 0.263. The summed E-state index contributed by atoms with van der Waals surface area (Å²) in [6.07, 6.45) is -0.636. The maximum Gasteiger partial charge on any atom is 0.323 e. The Morgan fingerprint density at radius 3 is 2.59 bits per heavy atom. The topological polar surface area (TPSA) is 87.0 Å². The number of rotatable bonds is 4. The predicted octanol–water partition coefficient (Wildman–Crippen LogP) is 2.26. The number of nitrogens with one attached hydrogen (secondary N) is 3. The van der Waals surface area contributed by atoms with E-state index in [4.69, 9.17) is 4.74 Å². The number of amides is 1. The molecule has 6 heteroatoms. The van der Waals surface area contributed by atoms with Crippen LogP contribution in [-0.4, -0.2) is 22.0 Å². The van der Waals surface area contributed by atoms with Gasteiger partial charge < -0.3 is 20.0 Å². The lowest BCUT2D eigenvalue weighted by molar-refractivity contribution is -0.122. The van der Waals surface area contributed by atoms with Crippen molar-refractivity contribution in [2.45, 2.75) is 13.0 Å². The van der Waals surface area contributed by atoms with Crippen LogP contribution in [0.2, 0.25) is 0 Å². The molecule has 1 aromatic heterocycles. The summed E-state index contributed by atoms with van der Waals surface area (Å²) >= 11 is 0. The van der Waals surface area contributed by atoms with Crippen molar-refractivity contribution in [2.24, 2.45) is 0 Å². The van der Waals surface area contributed by atoms with Crippen LogP contribution in [0.25, 0.3) is 11.0 Å². The van der Waals surface area contributed by atoms with Crippen molar-refractivity contribution < 1.29 is 9.53 Å². The SMILES string of the molecule is C[C@@H](Oc1ccccc1)C(=O)Nc1ccc2[nH]c(=O)[nH]c2c1. The van der Waals surface area contributed by atoms with E-state index in [0.717, 1.165) is 0 Å². The van der Waals surface area contributed by atoms with Crippen molar-refractivity contribution in [1.29, 1.82) is 0 Å². The second kappa shape index (κ2) is 5.77. The average Bonchev–Trinajstić information content (AvgIpc) is 2.87. The lowest BCUT2D eigenvalue weighted by Gasteiger charge is -2.14. The van der Waals surface area contributed by atoms with Gasteiger partial charge in [0.1, 0.15) is 5.75 Å². The summed E-state index contributed by atoms with van der Waals surface area (Å²) in [7, 11) is 0. The van der Waals surface area contributed by atoms with E-state index in [1.165, 1.54) is 0 Å². The van der Waals surface area contributed by atoms with Crippen LogP contribution in [0.3, 0.4) is 0 Å². The van der Waals surface area contributed by atoms with Crippen LogP contribution < -0.4 is 15.7 Å². The van der Waals surface area contributed by atoms with Crippen LogP contribution in [0.4, 0.5) is 5.69 Å². The van der Waals surface area contributed by atoms with Crippen LogP contribution in [0.5, 0.6) is 5.75 Å². The molecule has 6 nitrogen and oxygen atoms in total. The summed E-state index contributed by atoms with van der Waals surface area (Å²) in [6, 6.07) is 14.3. The summed E-state index contributed by atoms with van der Waals surface area (Å²) < 4.78 is 5.56. The first kappa shape index (κ1) is 13.9. The molecule has 112 valence electrons. The molecule has 3 N–H and O–H groups in total. The van der Waals surface area contributed by atoms with Gasteiger partial charge in [0.05, 0.1) is 11.0 Å². The highest BCUT2D eigenvalue weighted by Gasteiger charge is 2.15. The highest BCUT2D eigenvalue weighted by atomic mass is 16.5. The first-order valence-corrected chi connectivity index (χ1v) is 6.86. The van der Waals surface area contributed by atoms with Gasteiger partial charge in [-0.25, -0.2) is 4.79 Å². The Morgan fingerprint density at radius 1 is 1.09 bits per heavy atom. The third-order valence-corrected chi connectivity index (χ3v) is 3.21. The minimum atomic E-state index is -0.636. The first-order valence-electron chi connectivity index (χ1n) is 6.86. The molecule has 1 atom stereocenters. The number of carbonyl (C=O) groups is 1. The molecule has 3 rings (SSSR count). The molecule has 0 saturated carbocycles. The predicted molar refractivity (Wildman–Crippen MR) is 84.1 cm³/mol. The number of carbonyl (C=O) groups excluding carboxylic acids is 1. The number of benzene rings is 2. The molecule has 0 bridgehead atoms. The van der Waals surface area contributed by atoms with Gasteiger partial charge in [-0.15, -0.1) is 0 Å². The fourth-order valence-electron chi connectivity index (χ4n) is 2.11. The Labute approximate surface area is 126 Å². The monoisotopic (exact) mass is 297 g/mol. The van der Waals surface area contributed by atoms with E-state index in [1.807, 2.05) is 18.2 Å². The molecule has 0 spiro atoms. The zero-order valence-electron chi connectivity index (χ0n) is 11.9. The lowest BCUT2D eigenvalue weighted by Crippen LogP contribution is -2.30. The molecule has 3 aromatic rings. The van der Waals surface area contributed by atoms with Gasteiger partial charge in [0.15, 0.2) is 6.10 Å². The minimum Gasteiger partial charge on any atom is -0.481 e. The molecular weight excluding hydrogens is 282 g/mol. The number of aromatic amines is 2. The largest absolute Gasteiger partial charge is 0.481 e. The van der Waals surface area contributed by atoms with Crippen molar-refractivity contribution in [1.82, 2.24) is 9.97 Å². The van der Waals surface area contributed by atoms with Gasteiger partial charge in [-0.05, 0) is 37.3 Å². The van der Waals surface area contributed by atoms with Gasteiger partial charge in [0.25, 0.3) is 5.91 Å². The van der Waals surface area contributed by atoms with Crippen LogP contribution in [0.15, 0.2) is 53.3 Å². The standard InChI is InChI=1S/C16H15N3O3/c1-10(22-12-5-3-2-4-6-12)15(20)17-11-7-8-13-14(9-11)19-16(21)18-13/h2-10H,1H3,(H,17,20)(H2,18,19,21)/t10-/m1/s1. The van der Waals surface area contributed by atoms with Crippen molar-refractivity contribution in [3.05, 3.63) is 59.0 Å². The van der Waals surface area contributed by atoms with Gasteiger partial charge in [0, 0.05) is 5.69 Å². The van der Waals surface area contributed by atoms with Crippen LogP contribution in [-0.2, 0) is 4.79 Å². The molecule has 0 saturated heterocycles. The molecule has 0 unspecified atom stereocenters. The third kappa shape index (κ3) is 3.01. The average molecular weight is 297 g/mol. The highest BCUT2D eigenvalue weighted by molar-refractivity contribution is 5.95. The maximum atomic E-state index is 12.1. The van der Waals surface area contributed by atoms with Gasteiger partial charge >= 0.3 is 5.69 Å². The lowest BCUT2D eigenvalue weighted by atomic mass is 10.2. The van der Waals surface area contributed by atoms with E-state index in [-0.39, 0.29) is 11.6 Å². The molecular formula is C16H15N3O3. The molecule has 0 radical (unpaired) electrons. The van der Waals surface area contributed by atoms with Gasteiger partial charge in [-0.2, -0.15) is 0 Å². The fourth-order valence-corrected chi connectivity index (χ4v) is 2.11. The van der Waals surface area contributed by atoms with E-state index >= 15 is 0 Å². The molecule has 0 aliphatic heterocycles. The first-order chi connectivity index (χ1) is 10.6. The van der Waals surface area contributed by atoms with Gasteiger partial charge in [0.2, 0.25) is 0 Å². The second-order valence-corrected chi connectivity index (χ2v) is 4.90. The number of H-pyrrole nitrogens is 2. The molecule has 1 amide bonds. The molecule has 2 aromatic carbocycles. The number of anilines is 1. The summed E-state index contributed by atoms with van der Waals surface area (Å²) in [5, 5.41) is 2.76. The van der Waals surface area contributed by atoms with E-state index in [1.54, 1.807) is 37.3 Å². The number of imidazole rings is 1. The second-order valence-electron chi connectivity index (χ2n) is 4.90. The van der Waals surface area contributed by atoms with Crippen LogP contribution >= 0.6 is 0 Å². The number of aromatic nitrogens is 2. The molecule has 22 heavy (non-hydrogen) atoms. The summed E-state index contributed by atoms with van der Waals surface area (Å²) in [6.45, 7) is 1.68. The van der Waals surface area contributed by atoms with Crippen LogP contribution in [0.1, 0.15) is 6.92 Å². The Balaban J connectivity index is 1.70. The number of hydrogen-bond donors (Lipinski definition) is 3. The Kier molecular flexibility index (Phi) is 3.65. The summed E-state index contributed by atoms with van der Waals surface area (Å²) in [4.78, 5) is 28.7. The van der Waals surface area contributed by atoms with Crippen molar-refractivity contribution in [2.75, 3.05) is 5.32 Å². The van der Waals surface area contributed by atoms with E-state index < -0.39 is 6.10 Å². The normalized spacial score (nSPS) is 12.0. The molecule has 0 aliphatic carbocycles. The highest BCUT2D eigenvalue weighted by Crippen LogP contribution is 2.16. The molecule has 0 fully saturated rings. The number of ether oxygens (including phenoxy) is 1. The summed E-state index contributed by atoms with van der Waals surface area (Å²) in [5.41, 5.74) is 1.64. The molecule has 0 aliphatic rings. The summed E-state index contributed by atoms with van der Waals surface area (Å²) in [5.74, 6) is 0.372. The van der Waals surface area contributed by atoms with Crippen molar-refractivity contribution in [3.8, 4) is 5.75 Å². The number of para-hydroxylation sites is 1. The Hall–Kier alpha value is -3.02. The van der Waals surface area contributed by atoms with E-state index in [9.17, 15) is 9.59 Å². The third-order valence-electron chi connectivity index (χ3n) is 3.21. The quantitative estimate of drug-likeness (QED) is 0.690. The van der Waals surface area contributed by atoms with Gasteiger partial charge in [-0.1, -0.05) is 18.2 Å². The zero-order valence-corrected chi connectivity index (χ0v) is 11.9. The van der Waals surface area contributed by atoms with E-state index in [2.05, 4.69) is 15.3 Å². The van der Waals surface area contributed by atoms with Crippen molar-refractivity contribution >= 4 is 22.6 Å². The molecule has 1 heterocycles.